The minimum absolute atomic E-state index is 0.111. The van der Waals surface area contributed by atoms with Crippen LogP contribution in [0.2, 0.25) is 0 Å². The number of amides is 1. The van der Waals surface area contributed by atoms with E-state index < -0.39 is 0 Å². The molecule has 0 spiro atoms. The molecular formula is C15H22N2O. The van der Waals surface area contributed by atoms with Gasteiger partial charge in [-0.25, -0.2) is 0 Å². The lowest BCUT2D eigenvalue weighted by molar-refractivity contribution is -0.121. The SMILES string of the molecule is C[C@H]1CCC[C@@H](NC(=O)Cc2cccc(N)c2)C1. The molecule has 0 aromatic heterocycles. The van der Waals surface area contributed by atoms with Gasteiger partial charge >= 0.3 is 0 Å². The standard InChI is InChI=1S/C15H22N2O/c1-11-4-2-7-14(8-11)17-15(18)10-12-5-3-6-13(16)9-12/h3,5-6,9,11,14H,2,4,7-8,10,16H2,1H3,(H,17,18)/t11-,14+/m0/s1. The van der Waals surface area contributed by atoms with E-state index in [2.05, 4.69) is 12.2 Å². The summed E-state index contributed by atoms with van der Waals surface area (Å²) in [5.74, 6) is 0.844. The minimum Gasteiger partial charge on any atom is -0.399 e. The molecule has 0 radical (unpaired) electrons. The van der Waals surface area contributed by atoms with Crippen LogP contribution >= 0.6 is 0 Å². The van der Waals surface area contributed by atoms with Gasteiger partial charge in [0.25, 0.3) is 0 Å². The van der Waals surface area contributed by atoms with Crippen molar-refractivity contribution >= 4 is 11.6 Å². The van der Waals surface area contributed by atoms with Crippen LogP contribution in [0.5, 0.6) is 0 Å². The molecule has 98 valence electrons. The Balaban J connectivity index is 1.85. The van der Waals surface area contributed by atoms with Gasteiger partial charge in [-0.1, -0.05) is 31.9 Å². The number of hydrogen-bond donors (Lipinski definition) is 2. The maximum absolute atomic E-state index is 11.9. The molecule has 3 N–H and O–H groups in total. The highest BCUT2D eigenvalue weighted by molar-refractivity contribution is 5.79. The molecule has 1 aromatic carbocycles. The van der Waals surface area contributed by atoms with Crippen molar-refractivity contribution in [2.75, 3.05) is 5.73 Å². The second kappa shape index (κ2) is 5.89. The zero-order valence-corrected chi connectivity index (χ0v) is 11.0. The number of nitrogen functional groups attached to an aromatic ring is 1. The fourth-order valence-electron chi connectivity index (χ4n) is 2.73. The molecule has 0 aliphatic heterocycles. The summed E-state index contributed by atoms with van der Waals surface area (Å²) >= 11 is 0. The van der Waals surface area contributed by atoms with Crippen LogP contribution in [0.25, 0.3) is 0 Å². The van der Waals surface area contributed by atoms with Crippen molar-refractivity contribution in [3.8, 4) is 0 Å². The number of nitrogens with two attached hydrogens (primary N) is 1. The number of anilines is 1. The molecule has 3 heteroatoms. The molecule has 2 rings (SSSR count). The summed E-state index contributed by atoms with van der Waals surface area (Å²) in [4.78, 5) is 11.9. The van der Waals surface area contributed by atoms with Crippen LogP contribution in [0.15, 0.2) is 24.3 Å². The van der Waals surface area contributed by atoms with Crippen molar-refractivity contribution in [3.63, 3.8) is 0 Å². The van der Waals surface area contributed by atoms with E-state index in [1.807, 2.05) is 24.3 Å². The molecule has 1 amide bonds. The molecule has 3 nitrogen and oxygen atoms in total. The topological polar surface area (TPSA) is 55.1 Å². The first-order valence-electron chi connectivity index (χ1n) is 6.77. The summed E-state index contributed by atoms with van der Waals surface area (Å²) in [6.07, 6.45) is 5.18. The van der Waals surface area contributed by atoms with Crippen LogP contribution < -0.4 is 11.1 Å². The Morgan fingerprint density at radius 1 is 1.44 bits per heavy atom. The molecular weight excluding hydrogens is 224 g/mol. The van der Waals surface area contributed by atoms with E-state index in [0.29, 0.717) is 18.2 Å². The smallest absolute Gasteiger partial charge is 0.224 e. The molecule has 1 aromatic rings. The Kier molecular flexibility index (Phi) is 4.24. The van der Waals surface area contributed by atoms with E-state index in [9.17, 15) is 4.79 Å². The van der Waals surface area contributed by atoms with Crippen molar-refractivity contribution in [3.05, 3.63) is 29.8 Å². The number of carbonyl (C=O) groups is 1. The Hall–Kier alpha value is -1.51. The van der Waals surface area contributed by atoms with Crippen molar-refractivity contribution < 1.29 is 4.79 Å². The van der Waals surface area contributed by atoms with Gasteiger partial charge in [0.2, 0.25) is 5.91 Å². The zero-order valence-electron chi connectivity index (χ0n) is 11.0. The van der Waals surface area contributed by atoms with Crippen LogP contribution in [0.1, 0.15) is 38.2 Å². The van der Waals surface area contributed by atoms with E-state index in [1.54, 1.807) is 0 Å². The van der Waals surface area contributed by atoms with Crippen LogP contribution in [-0.2, 0) is 11.2 Å². The largest absolute Gasteiger partial charge is 0.399 e. The van der Waals surface area contributed by atoms with Crippen molar-refractivity contribution in [2.45, 2.75) is 45.1 Å². The Morgan fingerprint density at radius 2 is 2.28 bits per heavy atom. The third-order valence-corrected chi connectivity index (χ3v) is 3.62. The number of hydrogen-bond acceptors (Lipinski definition) is 2. The van der Waals surface area contributed by atoms with Gasteiger partial charge in [-0.05, 0) is 36.5 Å². The minimum atomic E-state index is 0.111. The monoisotopic (exact) mass is 246 g/mol. The van der Waals surface area contributed by atoms with Gasteiger partial charge in [-0.3, -0.25) is 4.79 Å². The van der Waals surface area contributed by atoms with Gasteiger partial charge < -0.3 is 11.1 Å². The third-order valence-electron chi connectivity index (χ3n) is 3.62. The van der Waals surface area contributed by atoms with Gasteiger partial charge in [0.05, 0.1) is 6.42 Å². The summed E-state index contributed by atoms with van der Waals surface area (Å²) in [6, 6.07) is 7.90. The lowest BCUT2D eigenvalue weighted by atomic mass is 9.87. The molecule has 1 aliphatic carbocycles. The van der Waals surface area contributed by atoms with E-state index >= 15 is 0 Å². The Morgan fingerprint density at radius 3 is 3.00 bits per heavy atom. The lowest BCUT2D eigenvalue weighted by Crippen LogP contribution is -2.38. The number of carbonyl (C=O) groups excluding carboxylic acids is 1. The van der Waals surface area contributed by atoms with Crippen molar-refractivity contribution in [1.29, 1.82) is 0 Å². The van der Waals surface area contributed by atoms with E-state index in [-0.39, 0.29) is 5.91 Å². The maximum Gasteiger partial charge on any atom is 0.224 e. The van der Waals surface area contributed by atoms with E-state index in [1.165, 1.54) is 12.8 Å². The molecule has 0 bridgehead atoms. The fourth-order valence-corrected chi connectivity index (χ4v) is 2.73. The lowest BCUT2D eigenvalue weighted by Gasteiger charge is -2.27. The van der Waals surface area contributed by atoms with Gasteiger partial charge in [0, 0.05) is 11.7 Å². The summed E-state index contributed by atoms with van der Waals surface area (Å²) in [6.45, 7) is 2.26. The molecule has 0 saturated heterocycles. The van der Waals surface area contributed by atoms with Gasteiger partial charge in [-0.15, -0.1) is 0 Å². The molecule has 0 unspecified atom stereocenters. The van der Waals surface area contributed by atoms with Crippen LogP contribution in [0, 0.1) is 5.92 Å². The quantitative estimate of drug-likeness (QED) is 0.805. The molecule has 18 heavy (non-hydrogen) atoms. The van der Waals surface area contributed by atoms with Crippen LogP contribution in [0.3, 0.4) is 0 Å². The normalized spacial score (nSPS) is 23.6. The average Bonchev–Trinajstić information content (AvgIpc) is 2.28. The first-order valence-corrected chi connectivity index (χ1v) is 6.77. The zero-order chi connectivity index (χ0) is 13.0. The predicted molar refractivity (Wildman–Crippen MR) is 74.1 cm³/mol. The highest BCUT2D eigenvalue weighted by atomic mass is 16.1. The summed E-state index contributed by atoms with van der Waals surface area (Å²) < 4.78 is 0. The number of nitrogens with one attached hydrogen (secondary N) is 1. The van der Waals surface area contributed by atoms with Gasteiger partial charge in [0.15, 0.2) is 0 Å². The summed E-state index contributed by atoms with van der Waals surface area (Å²) in [5, 5.41) is 3.14. The fraction of sp³-hybridized carbons (Fsp3) is 0.533. The van der Waals surface area contributed by atoms with Gasteiger partial charge in [0.1, 0.15) is 0 Å². The first kappa shape index (κ1) is 12.9. The summed E-state index contributed by atoms with van der Waals surface area (Å²) in [7, 11) is 0. The Labute approximate surface area is 109 Å². The summed E-state index contributed by atoms with van der Waals surface area (Å²) in [5.41, 5.74) is 7.40. The van der Waals surface area contributed by atoms with Gasteiger partial charge in [-0.2, -0.15) is 0 Å². The van der Waals surface area contributed by atoms with Crippen LogP contribution in [0.4, 0.5) is 5.69 Å². The number of benzene rings is 1. The van der Waals surface area contributed by atoms with Crippen molar-refractivity contribution in [1.82, 2.24) is 5.32 Å². The molecule has 0 heterocycles. The van der Waals surface area contributed by atoms with E-state index in [4.69, 9.17) is 5.73 Å². The molecule has 1 saturated carbocycles. The van der Waals surface area contributed by atoms with Crippen molar-refractivity contribution in [2.24, 2.45) is 5.92 Å². The molecule has 1 fully saturated rings. The third kappa shape index (κ3) is 3.76. The first-order chi connectivity index (χ1) is 8.63. The Bertz CT molecular complexity index is 417. The maximum atomic E-state index is 11.9. The average molecular weight is 246 g/mol. The number of rotatable bonds is 3. The highest BCUT2D eigenvalue weighted by Crippen LogP contribution is 2.23. The molecule has 2 atom stereocenters. The van der Waals surface area contributed by atoms with E-state index in [0.717, 1.165) is 24.3 Å². The molecule has 1 aliphatic rings. The predicted octanol–water partition coefficient (Wildman–Crippen LogP) is 2.51. The second-order valence-electron chi connectivity index (χ2n) is 5.46. The van der Waals surface area contributed by atoms with Crippen LogP contribution in [-0.4, -0.2) is 11.9 Å². The second-order valence-corrected chi connectivity index (χ2v) is 5.46. The highest BCUT2D eigenvalue weighted by Gasteiger charge is 2.20.